The minimum absolute atomic E-state index is 0.212. The van der Waals surface area contributed by atoms with Crippen LogP contribution in [0.2, 0.25) is 0 Å². The molecular formula is C10H14BrNO3. The summed E-state index contributed by atoms with van der Waals surface area (Å²) in [7, 11) is 0. The highest BCUT2D eigenvalue weighted by molar-refractivity contribution is 9.10. The van der Waals surface area contributed by atoms with Gasteiger partial charge in [-0.3, -0.25) is 0 Å². The molecule has 1 atom stereocenters. The Hall–Kier alpha value is -0.620. The van der Waals surface area contributed by atoms with Crippen LogP contribution in [0.5, 0.6) is 5.75 Å². The third kappa shape index (κ3) is 4.17. The monoisotopic (exact) mass is 275 g/mol. The Morgan fingerprint density at radius 2 is 2.13 bits per heavy atom. The SMILES string of the molecule is OC[C@H](O)CNCc1cc(Br)ccc1O. The number of halogens is 1. The molecule has 4 nitrogen and oxygen atoms in total. The summed E-state index contributed by atoms with van der Waals surface area (Å²) in [4.78, 5) is 0. The van der Waals surface area contributed by atoms with Gasteiger partial charge < -0.3 is 20.6 Å². The van der Waals surface area contributed by atoms with E-state index in [9.17, 15) is 5.11 Å². The van der Waals surface area contributed by atoms with Crippen molar-refractivity contribution in [1.82, 2.24) is 5.32 Å². The molecule has 1 aromatic carbocycles. The molecule has 0 fully saturated rings. The molecule has 0 saturated heterocycles. The first kappa shape index (κ1) is 12.4. The zero-order valence-corrected chi connectivity index (χ0v) is 9.74. The summed E-state index contributed by atoms with van der Waals surface area (Å²) in [5, 5.41) is 30.1. The van der Waals surface area contributed by atoms with Crippen molar-refractivity contribution in [3.8, 4) is 5.75 Å². The van der Waals surface area contributed by atoms with Crippen molar-refractivity contribution in [1.29, 1.82) is 0 Å². The summed E-state index contributed by atoms with van der Waals surface area (Å²) in [5.74, 6) is 0.212. The first-order chi connectivity index (χ1) is 7.13. The molecule has 5 heteroatoms. The number of nitrogens with one attached hydrogen (secondary N) is 1. The summed E-state index contributed by atoms with van der Waals surface area (Å²) < 4.78 is 0.889. The van der Waals surface area contributed by atoms with E-state index in [1.165, 1.54) is 0 Å². The zero-order valence-electron chi connectivity index (χ0n) is 8.15. The van der Waals surface area contributed by atoms with Crippen molar-refractivity contribution >= 4 is 15.9 Å². The summed E-state index contributed by atoms with van der Waals surface area (Å²) in [6, 6.07) is 5.15. The third-order valence-corrected chi connectivity index (χ3v) is 2.44. The molecule has 84 valence electrons. The molecule has 0 aliphatic rings. The van der Waals surface area contributed by atoms with Gasteiger partial charge in [-0.05, 0) is 18.2 Å². The van der Waals surface area contributed by atoms with Gasteiger partial charge in [0.05, 0.1) is 12.7 Å². The molecule has 1 aromatic rings. The van der Waals surface area contributed by atoms with Crippen molar-refractivity contribution in [2.45, 2.75) is 12.6 Å². The number of phenolic OH excluding ortho intramolecular Hbond substituents is 1. The molecule has 0 heterocycles. The Balaban J connectivity index is 2.46. The Kier molecular flexibility index (Phi) is 5.04. The van der Waals surface area contributed by atoms with E-state index in [2.05, 4.69) is 21.2 Å². The Morgan fingerprint density at radius 3 is 2.80 bits per heavy atom. The molecule has 0 aromatic heterocycles. The maximum atomic E-state index is 9.48. The Bertz CT molecular complexity index is 320. The largest absolute Gasteiger partial charge is 0.508 e. The minimum Gasteiger partial charge on any atom is -0.508 e. The lowest BCUT2D eigenvalue weighted by atomic mass is 10.2. The molecule has 4 N–H and O–H groups in total. The van der Waals surface area contributed by atoms with Crippen LogP contribution in [0.1, 0.15) is 5.56 Å². The summed E-state index contributed by atoms with van der Waals surface area (Å²) in [5.41, 5.74) is 0.745. The Labute approximate surface area is 96.7 Å². The molecule has 15 heavy (non-hydrogen) atoms. The van der Waals surface area contributed by atoms with Crippen molar-refractivity contribution in [3.05, 3.63) is 28.2 Å². The lowest BCUT2D eigenvalue weighted by Crippen LogP contribution is -2.28. The fraction of sp³-hybridized carbons (Fsp3) is 0.400. The van der Waals surface area contributed by atoms with Crippen molar-refractivity contribution in [2.24, 2.45) is 0 Å². The second-order valence-electron chi connectivity index (χ2n) is 3.24. The molecule has 0 aliphatic carbocycles. The average Bonchev–Trinajstić information content (AvgIpc) is 2.23. The van der Waals surface area contributed by atoms with E-state index in [-0.39, 0.29) is 12.4 Å². The van der Waals surface area contributed by atoms with Crippen molar-refractivity contribution in [2.75, 3.05) is 13.2 Å². The van der Waals surface area contributed by atoms with Crippen LogP contribution in [0.3, 0.4) is 0 Å². The number of benzene rings is 1. The molecule has 0 amide bonds. The van der Waals surface area contributed by atoms with E-state index in [0.29, 0.717) is 13.1 Å². The number of phenols is 1. The van der Waals surface area contributed by atoms with E-state index >= 15 is 0 Å². The van der Waals surface area contributed by atoms with Crippen LogP contribution < -0.4 is 5.32 Å². The fourth-order valence-corrected chi connectivity index (χ4v) is 1.54. The summed E-state index contributed by atoms with van der Waals surface area (Å²) >= 11 is 3.30. The number of hydrogen-bond donors (Lipinski definition) is 4. The van der Waals surface area contributed by atoms with Gasteiger partial charge in [0.1, 0.15) is 5.75 Å². The Morgan fingerprint density at radius 1 is 1.40 bits per heavy atom. The van der Waals surface area contributed by atoms with E-state index in [4.69, 9.17) is 10.2 Å². The third-order valence-electron chi connectivity index (χ3n) is 1.95. The van der Waals surface area contributed by atoms with E-state index in [1.54, 1.807) is 18.2 Å². The molecular weight excluding hydrogens is 262 g/mol. The topological polar surface area (TPSA) is 72.7 Å². The average molecular weight is 276 g/mol. The van der Waals surface area contributed by atoms with Crippen LogP contribution in [0.15, 0.2) is 22.7 Å². The van der Waals surface area contributed by atoms with Crippen LogP contribution in [-0.2, 0) is 6.54 Å². The molecule has 0 aliphatic heterocycles. The van der Waals surface area contributed by atoms with Gasteiger partial charge in [-0.15, -0.1) is 0 Å². The standard InChI is InChI=1S/C10H14BrNO3/c11-8-1-2-10(15)7(3-8)4-12-5-9(14)6-13/h1-3,9,12-15H,4-6H2/t9-/m1/s1. The highest BCUT2D eigenvalue weighted by Crippen LogP contribution is 2.21. The maximum absolute atomic E-state index is 9.48. The molecule has 0 spiro atoms. The molecule has 0 unspecified atom stereocenters. The van der Waals surface area contributed by atoms with Gasteiger partial charge in [0, 0.05) is 23.1 Å². The van der Waals surface area contributed by atoms with Gasteiger partial charge in [0.25, 0.3) is 0 Å². The quantitative estimate of drug-likeness (QED) is 0.635. The number of aliphatic hydroxyl groups excluding tert-OH is 2. The molecule has 1 rings (SSSR count). The number of aromatic hydroxyl groups is 1. The predicted molar refractivity (Wildman–Crippen MR) is 60.6 cm³/mol. The zero-order chi connectivity index (χ0) is 11.3. The van der Waals surface area contributed by atoms with E-state index < -0.39 is 6.10 Å². The normalized spacial score (nSPS) is 12.7. The summed E-state index contributed by atoms with van der Waals surface area (Å²) in [6.45, 7) is 0.474. The second-order valence-corrected chi connectivity index (χ2v) is 4.16. The van der Waals surface area contributed by atoms with Gasteiger partial charge in [-0.1, -0.05) is 15.9 Å². The first-order valence-corrected chi connectivity index (χ1v) is 5.40. The lowest BCUT2D eigenvalue weighted by Gasteiger charge is -2.10. The number of hydrogen-bond acceptors (Lipinski definition) is 4. The van der Waals surface area contributed by atoms with Crippen molar-refractivity contribution in [3.63, 3.8) is 0 Å². The smallest absolute Gasteiger partial charge is 0.120 e. The van der Waals surface area contributed by atoms with Crippen LogP contribution in [0.25, 0.3) is 0 Å². The van der Waals surface area contributed by atoms with Crippen LogP contribution in [-0.4, -0.2) is 34.6 Å². The fourth-order valence-electron chi connectivity index (χ4n) is 1.13. The lowest BCUT2D eigenvalue weighted by molar-refractivity contribution is 0.0942. The first-order valence-electron chi connectivity index (χ1n) is 4.60. The summed E-state index contributed by atoms with van der Waals surface area (Å²) in [6.07, 6.45) is -0.765. The van der Waals surface area contributed by atoms with Crippen LogP contribution in [0.4, 0.5) is 0 Å². The van der Waals surface area contributed by atoms with Gasteiger partial charge in [0.2, 0.25) is 0 Å². The van der Waals surface area contributed by atoms with Gasteiger partial charge in [-0.25, -0.2) is 0 Å². The molecule has 0 saturated carbocycles. The number of rotatable bonds is 5. The molecule has 0 bridgehead atoms. The highest BCUT2D eigenvalue weighted by Gasteiger charge is 2.04. The van der Waals surface area contributed by atoms with E-state index in [0.717, 1.165) is 10.0 Å². The van der Waals surface area contributed by atoms with Crippen LogP contribution >= 0.6 is 15.9 Å². The molecule has 0 radical (unpaired) electrons. The number of aliphatic hydroxyl groups is 2. The van der Waals surface area contributed by atoms with Crippen LogP contribution in [0, 0.1) is 0 Å². The van der Waals surface area contributed by atoms with Gasteiger partial charge >= 0.3 is 0 Å². The van der Waals surface area contributed by atoms with Gasteiger partial charge in [-0.2, -0.15) is 0 Å². The minimum atomic E-state index is -0.765. The van der Waals surface area contributed by atoms with Gasteiger partial charge in [0.15, 0.2) is 0 Å². The predicted octanol–water partition coefficient (Wildman–Crippen LogP) is 0.597. The maximum Gasteiger partial charge on any atom is 0.120 e. The highest BCUT2D eigenvalue weighted by atomic mass is 79.9. The van der Waals surface area contributed by atoms with E-state index in [1.807, 2.05) is 0 Å². The second kappa shape index (κ2) is 6.07. The van der Waals surface area contributed by atoms with Crippen molar-refractivity contribution < 1.29 is 15.3 Å².